The summed E-state index contributed by atoms with van der Waals surface area (Å²) in [5.41, 5.74) is 1.43. The van der Waals surface area contributed by atoms with Crippen LogP contribution >= 0.6 is 12.2 Å². The predicted molar refractivity (Wildman–Crippen MR) is 88.6 cm³/mol. The van der Waals surface area contributed by atoms with Crippen molar-refractivity contribution >= 4 is 29.0 Å². The Balaban J connectivity index is 2.46. The van der Waals surface area contributed by atoms with Gasteiger partial charge in [0.15, 0.2) is 5.11 Å². The summed E-state index contributed by atoms with van der Waals surface area (Å²) in [5.74, 6) is -0.489. The third-order valence-electron chi connectivity index (χ3n) is 3.25. The number of rotatable bonds is 4. The maximum atomic E-state index is 12.4. The van der Waals surface area contributed by atoms with Crippen LogP contribution in [-0.4, -0.2) is 22.1 Å². The number of carbonyl (C=O) groups excluding carboxylic acids is 1. The molecule has 0 aliphatic carbocycles. The zero-order valence-corrected chi connectivity index (χ0v) is 13.8. The van der Waals surface area contributed by atoms with Crippen LogP contribution < -0.4 is 10.6 Å². The number of nitrogens with zero attached hydrogens (tertiary/aromatic N) is 1. The van der Waals surface area contributed by atoms with E-state index in [1.165, 1.54) is 12.1 Å². The maximum absolute atomic E-state index is 12.4. The van der Waals surface area contributed by atoms with Crippen LogP contribution in [0.1, 0.15) is 32.4 Å². The van der Waals surface area contributed by atoms with Crippen molar-refractivity contribution in [3.05, 3.63) is 51.2 Å². The molecule has 7 nitrogen and oxygen atoms in total. The summed E-state index contributed by atoms with van der Waals surface area (Å²) in [7, 11) is 0. The zero-order valence-electron chi connectivity index (χ0n) is 13.0. The highest BCUT2D eigenvalue weighted by molar-refractivity contribution is 7.80. The third-order valence-corrected chi connectivity index (χ3v) is 3.47. The minimum atomic E-state index is -0.602. The highest BCUT2D eigenvalue weighted by Crippen LogP contribution is 2.29. The molecular formula is C15H17N3O4S. The van der Waals surface area contributed by atoms with Crippen LogP contribution in [0.3, 0.4) is 0 Å². The molecule has 0 unspecified atom stereocenters. The van der Waals surface area contributed by atoms with Crippen LogP contribution in [0, 0.1) is 10.1 Å². The molecule has 0 fully saturated rings. The van der Waals surface area contributed by atoms with Gasteiger partial charge in [0.25, 0.3) is 5.69 Å². The summed E-state index contributed by atoms with van der Waals surface area (Å²) in [5, 5.41) is 17.2. The number of benzene rings is 1. The lowest BCUT2D eigenvalue weighted by molar-refractivity contribution is -0.384. The Bertz CT molecular complexity index is 700. The molecule has 0 saturated heterocycles. The Morgan fingerprint density at radius 1 is 1.43 bits per heavy atom. The van der Waals surface area contributed by atoms with Crippen LogP contribution in [0.5, 0.6) is 0 Å². The molecule has 122 valence electrons. The SMILES string of the molecule is CC1=C(C(=O)OC(C)C)[C@@H](c2cccc([N+](=O)[O-])c2)NC(=S)N1. The highest BCUT2D eigenvalue weighted by Gasteiger charge is 2.32. The number of allylic oxidation sites excluding steroid dienone is 1. The van der Waals surface area contributed by atoms with E-state index >= 15 is 0 Å². The molecular weight excluding hydrogens is 318 g/mol. The van der Waals surface area contributed by atoms with Gasteiger partial charge in [0.1, 0.15) is 0 Å². The van der Waals surface area contributed by atoms with Gasteiger partial charge in [-0.25, -0.2) is 4.79 Å². The van der Waals surface area contributed by atoms with Gasteiger partial charge in [-0.3, -0.25) is 10.1 Å². The van der Waals surface area contributed by atoms with Crippen molar-refractivity contribution < 1.29 is 14.5 Å². The Kier molecular flexibility index (Phi) is 4.95. The highest BCUT2D eigenvalue weighted by atomic mass is 32.1. The summed E-state index contributed by atoms with van der Waals surface area (Å²) in [6, 6.07) is 5.48. The van der Waals surface area contributed by atoms with E-state index in [2.05, 4.69) is 10.6 Å². The first-order chi connectivity index (χ1) is 10.8. The standard InChI is InChI=1S/C15H17N3O4S/c1-8(2)22-14(19)12-9(3)16-15(23)17-13(12)10-5-4-6-11(7-10)18(20)21/h4-8,13H,1-3H3,(H2,16,17,23)/t13-/m1/s1. The molecule has 2 rings (SSSR count). The predicted octanol–water partition coefficient (Wildman–Crippen LogP) is 2.34. The number of thiocarbonyl (C=S) groups is 1. The maximum Gasteiger partial charge on any atom is 0.338 e. The van der Waals surface area contributed by atoms with Crippen molar-refractivity contribution in [3.63, 3.8) is 0 Å². The Morgan fingerprint density at radius 3 is 2.74 bits per heavy atom. The van der Waals surface area contributed by atoms with Gasteiger partial charge in [0, 0.05) is 17.8 Å². The lowest BCUT2D eigenvalue weighted by atomic mass is 9.95. The fraction of sp³-hybridized carbons (Fsp3) is 0.333. The Hall–Kier alpha value is -2.48. The van der Waals surface area contributed by atoms with Gasteiger partial charge in [-0.15, -0.1) is 0 Å². The van der Waals surface area contributed by atoms with Gasteiger partial charge < -0.3 is 15.4 Å². The lowest BCUT2D eigenvalue weighted by Gasteiger charge is -2.30. The number of hydrogen-bond donors (Lipinski definition) is 2. The van der Waals surface area contributed by atoms with Crippen molar-refractivity contribution in [2.24, 2.45) is 0 Å². The summed E-state index contributed by atoms with van der Waals surface area (Å²) >= 11 is 5.13. The van der Waals surface area contributed by atoms with Crippen LogP contribution in [0.4, 0.5) is 5.69 Å². The van der Waals surface area contributed by atoms with E-state index in [0.29, 0.717) is 21.9 Å². The molecule has 8 heteroatoms. The smallest absolute Gasteiger partial charge is 0.338 e. The summed E-state index contributed by atoms with van der Waals surface area (Å²) in [4.78, 5) is 22.9. The average molecular weight is 335 g/mol. The first-order valence-electron chi connectivity index (χ1n) is 7.03. The van der Waals surface area contributed by atoms with E-state index in [-0.39, 0.29) is 11.8 Å². The first-order valence-corrected chi connectivity index (χ1v) is 7.44. The first kappa shape index (κ1) is 16.9. The van der Waals surface area contributed by atoms with Crippen molar-refractivity contribution in [1.29, 1.82) is 0 Å². The number of nitrogens with one attached hydrogen (secondary N) is 2. The number of nitro groups is 1. The minimum absolute atomic E-state index is 0.0528. The van der Waals surface area contributed by atoms with Crippen molar-refractivity contribution in [2.45, 2.75) is 32.9 Å². The Morgan fingerprint density at radius 2 is 2.13 bits per heavy atom. The van der Waals surface area contributed by atoms with Crippen molar-refractivity contribution in [1.82, 2.24) is 10.6 Å². The molecule has 2 N–H and O–H groups in total. The second-order valence-corrected chi connectivity index (χ2v) is 5.78. The lowest BCUT2D eigenvalue weighted by Crippen LogP contribution is -2.45. The second-order valence-electron chi connectivity index (χ2n) is 5.38. The van der Waals surface area contributed by atoms with Crippen LogP contribution in [0.25, 0.3) is 0 Å². The number of hydrogen-bond acceptors (Lipinski definition) is 5. The van der Waals surface area contributed by atoms with Crippen LogP contribution in [-0.2, 0) is 9.53 Å². The van der Waals surface area contributed by atoms with E-state index in [9.17, 15) is 14.9 Å². The second kappa shape index (κ2) is 6.74. The number of esters is 1. The number of ether oxygens (including phenoxy) is 1. The molecule has 0 bridgehead atoms. The molecule has 0 spiro atoms. The summed E-state index contributed by atoms with van der Waals surface area (Å²) < 4.78 is 5.27. The molecule has 1 heterocycles. The normalized spacial score (nSPS) is 17.6. The minimum Gasteiger partial charge on any atom is -0.459 e. The fourth-order valence-corrected chi connectivity index (χ4v) is 2.58. The van der Waals surface area contributed by atoms with E-state index in [1.807, 2.05) is 0 Å². The molecule has 1 aliphatic heterocycles. The van der Waals surface area contributed by atoms with Crippen molar-refractivity contribution in [2.75, 3.05) is 0 Å². The monoisotopic (exact) mass is 335 g/mol. The number of non-ortho nitro benzene ring substituents is 1. The van der Waals surface area contributed by atoms with Gasteiger partial charge >= 0.3 is 5.97 Å². The molecule has 1 aromatic carbocycles. The Labute approximate surface area is 138 Å². The topological polar surface area (TPSA) is 93.5 Å². The largest absolute Gasteiger partial charge is 0.459 e. The van der Waals surface area contributed by atoms with Gasteiger partial charge in [-0.2, -0.15) is 0 Å². The van der Waals surface area contributed by atoms with E-state index in [4.69, 9.17) is 17.0 Å². The van der Waals surface area contributed by atoms with Crippen LogP contribution in [0.2, 0.25) is 0 Å². The molecule has 0 aromatic heterocycles. The molecule has 0 amide bonds. The summed E-state index contributed by atoms with van der Waals surface area (Å²) in [6.07, 6.45) is -0.276. The van der Waals surface area contributed by atoms with Gasteiger partial charge in [0.2, 0.25) is 0 Å². The van der Waals surface area contributed by atoms with Crippen molar-refractivity contribution in [3.8, 4) is 0 Å². The third kappa shape index (κ3) is 3.84. The number of carbonyl (C=O) groups is 1. The quantitative estimate of drug-likeness (QED) is 0.377. The molecule has 1 aliphatic rings. The van der Waals surface area contributed by atoms with Crippen LogP contribution in [0.15, 0.2) is 35.5 Å². The average Bonchev–Trinajstić information content (AvgIpc) is 2.45. The molecule has 1 aromatic rings. The van der Waals surface area contributed by atoms with Gasteiger partial charge in [0.05, 0.1) is 22.6 Å². The molecule has 0 saturated carbocycles. The molecule has 0 radical (unpaired) electrons. The van der Waals surface area contributed by atoms with E-state index in [1.54, 1.807) is 32.9 Å². The van der Waals surface area contributed by atoms with Gasteiger partial charge in [-0.1, -0.05) is 12.1 Å². The number of nitro benzene ring substituents is 1. The fourth-order valence-electron chi connectivity index (χ4n) is 2.31. The molecule has 23 heavy (non-hydrogen) atoms. The summed E-state index contributed by atoms with van der Waals surface area (Å²) in [6.45, 7) is 5.23. The van der Waals surface area contributed by atoms with Gasteiger partial charge in [-0.05, 0) is 38.6 Å². The zero-order chi connectivity index (χ0) is 17.1. The van der Waals surface area contributed by atoms with E-state index in [0.717, 1.165) is 0 Å². The van der Waals surface area contributed by atoms with E-state index < -0.39 is 16.9 Å². The molecule has 1 atom stereocenters.